The predicted molar refractivity (Wildman–Crippen MR) is 103 cm³/mol. The molecule has 5 heteroatoms. The number of carbonyl (C=O) groups excluding carboxylic acids is 2. The van der Waals surface area contributed by atoms with Gasteiger partial charge < -0.3 is 16.0 Å². The summed E-state index contributed by atoms with van der Waals surface area (Å²) in [7, 11) is 0. The van der Waals surface area contributed by atoms with Crippen molar-refractivity contribution >= 4 is 17.5 Å². The summed E-state index contributed by atoms with van der Waals surface area (Å²) < 4.78 is 0. The Kier molecular flexibility index (Phi) is 5.68. The monoisotopic (exact) mass is 351 g/mol. The number of nitrogens with two attached hydrogens (primary N) is 1. The number of piperidine rings is 1. The van der Waals surface area contributed by atoms with Crippen molar-refractivity contribution in [2.45, 2.75) is 25.8 Å². The Morgan fingerprint density at radius 2 is 1.65 bits per heavy atom. The molecular formula is C21H25N3O2. The first-order valence-corrected chi connectivity index (χ1v) is 9.06. The van der Waals surface area contributed by atoms with E-state index in [9.17, 15) is 9.59 Å². The van der Waals surface area contributed by atoms with Gasteiger partial charge >= 0.3 is 0 Å². The van der Waals surface area contributed by atoms with Gasteiger partial charge in [0.05, 0.1) is 11.3 Å². The van der Waals surface area contributed by atoms with Crippen LogP contribution < -0.4 is 11.1 Å². The topological polar surface area (TPSA) is 75.4 Å². The van der Waals surface area contributed by atoms with Crippen molar-refractivity contribution in [2.75, 3.05) is 18.4 Å². The minimum Gasteiger partial charge on any atom is -0.339 e. The molecule has 26 heavy (non-hydrogen) atoms. The quantitative estimate of drug-likeness (QED) is 0.888. The lowest BCUT2D eigenvalue weighted by atomic mass is 9.90. The van der Waals surface area contributed by atoms with Gasteiger partial charge in [0.2, 0.25) is 0 Å². The second-order valence-electron chi connectivity index (χ2n) is 6.85. The largest absolute Gasteiger partial charge is 0.339 e. The molecule has 0 radical (unpaired) electrons. The molecule has 1 atom stereocenters. The van der Waals surface area contributed by atoms with Crippen LogP contribution in [0.1, 0.15) is 40.5 Å². The van der Waals surface area contributed by atoms with E-state index in [1.165, 1.54) is 0 Å². The Morgan fingerprint density at radius 3 is 2.31 bits per heavy atom. The van der Waals surface area contributed by atoms with Crippen LogP contribution in [0.25, 0.3) is 0 Å². The fourth-order valence-corrected chi connectivity index (χ4v) is 3.36. The number of nitrogens with one attached hydrogen (secondary N) is 1. The van der Waals surface area contributed by atoms with E-state index in [0.717, 1.165) is 12.8 Å². The molecule has 5 nitrogen and oxygen atoms in total. The maximum Gasteiger partial charge on any atom is 0.255 e. The molecule has 1 heterocycles. The number of hydrogen-bond acceptors (Lipinski definition) is 3. The molecule has 0 aliphatic carbocycles. The number of carbonyl (C=O) groups is 2. The standard InChI is InChI=1S/C21H25N3O2/c1-15(22)16-11-13-24(14-12-16)21(26)18-9-5-6-10-19(18)23-20(25)17-7-3-2-4-8-17/h2-10,15-16H,11-14,22H2,1H3,(H,23,25). The molecule has 1 aliphatic rings. The Hall–Kier alpha value is -2.66. The SMILES string of the molecule is CC(N)C1CCN(C(=O)c2ccccc2NC(=O)c2ccccc2)CC1. The zero-order valence-electron chi connectivity index (χ0n) is 15.0. The lowest BCUT2D eigenvalue weighted by molar-refractivity contribution is 0.0682. The van der Waals surface area contributed by atoms with Crippen LogP contribution in [0.3, 0.4) is 0 Å². The average molecular weight is 351 g/mol. The van der Waals surface area contributed by atoms with Gasteiger partial charge in [-0.15, -0.1) is 0 Å². The maximum absolute atomic E-state index is 13.0. The second kappa shape index (κ2) is 8.15. The number of anilines is 1. The van der Waals surface area contributed by atoms with Crippen LogP contribution >= 0.6 is 0 Å². The molecule has 2 aromatic rings. The Bertz CT molecular complexity index is 766. The molecule has 3 N–H and O–H groups in total. The molecule has 1 aliphatic heterocycles. The van der Waals surface area contributed by atoms with Gasteiger partial charge in [-0.1, -0.05) is 30.3 Å². The van der Waals surface area contributed by atoms with Crippen LogP contribution in [0.4, 0.5) is 5.69 Å². The molecule has 1 saturated heterocycles. The van der Waals surface area contributed by atoms with E-state index in [4.69, 9.17) is 5.73 Å². The first-order chi connectivity index (χ1) is 12.6. The molecule has 2 aromatic carbocycles. The van der Waals surface area contributed by atoms with Gasteiger partial charge in [-0.2, -0.15) is 0 Å². The fraction of sp³-hybridized carbons (Fsp3) is 0.333. The third-order valence-electron chi connectivity index (χ3n) is 5.01. The minimum absolute atomic E-state index is 0.0444. The van der Waals surface area contributed by atoms with Gasteiger partial charge in [-0.25, -0.2) is 0 Å². The summed E-state index contributed by atoms with van der Waals surface area (Å²) in [5.41, 5.74) is 7.61. The molecule has 0 aromatic heterocycles. The average Bonchev–Trinajstić information content (AvgIpc) is 2.68. The summed E-state index contributed by atoms with van der Waals surface area (Å²) in [6, 6.07) is 16.3. The fourth-order valence-electron chi connectivity index (χ4n) is 3.36. The number of hydrogen-bond donors (Lipinski definition) is 2. The molecule has 0 spiro atoms. The van der Waals surface area contributed by atoms with E-state index in [1.807, 2.05) is 42.2 Å². The van der Waals surface area contributed by atoms with Crippen molar-refractivity contribution in [1.82, 2.24) is 4.90 Å². The normalized spacial score (nSPS) is 16.2. The van der Waals surface area contributed by atoms with Crippen LogP contribution in [-0.2, 0) is 0 Å². The number of benzene rings is 2. The molecule has 136 valence electrons. The summed E-state index contributed by atoms with van der Waals surface area (Å²) in [6.45, 7) is 3.43. The van der Waals surface area contributed by atoms with Crippen molar-refractivity contribution in [2.24, 2.45) is 11.7 Å². The van der Waals surface area contributed by atoms with Gasteiger partial charge in [0, 0.05) is 24.7 Å². The van der Waals surface area contributed by atoms with Crippen molar-refractivity contribution in [3.05, 3.63) is 65.7 Å². The number of amides is 2. The summed E-state index contributed by atoms with van der Waals surface area (Å²) in [6.07, 6.45) is 1.84. The maximum atomic E-state index is 13.0. The van der Waals surface area contributed by atoms with Gasteiger partial charge in [0.1, 0.15) is 0 Å². The zero-order chi connectivity index (χ0) is 18.5. The Labute approximate surface area is 154 Å². The molecule has 1 fully saturated rings. The van der Waals surface area contributed by atoms with Gasteiger partial charge in [-0.3, -0.25) is 9.59 Å². The highest BCUT2D eigenvalue weighted by Gasteiger charge is 2.26. The first kappa shape index (κ1) is 18.1. The number of nitrogens with zero attached hydrogens (tertiary/aromatic N) is 1. The highest BCUT2D eigenvalue weighted by atomic mass is 16.2. The van der Waals surface area contributed by atoms with E-state index < -0.39 is 0 Å². The molecule has 3 rings (SSSR count). The minimum atomic E-state index is -0.221. The first-order valence-electron chi connectivity index (χ1n) is 9.06. The van der Waals surface area contributed by atoms with Crippen molar-refractivity contribution < 1.29 is 9.59 Å². The smallest absolute Gasteiger partial charge is 0.255 e. The summed E-state index contributed by atoms with van der Waals surface area (Å²) in [5, 5.41) is 2.87. The number of para-hydroxylation sites is 1. The summed E-state index contributed by atoms with van der Waals surface area (Å²) >= 11 is 0. The van der Waals surface area contributed by atoms with E-state index in [-0.39, 0.29) is 17.9 Å². The van der Waals surface area contributed by atoms with Crippen LogP contribution in [0, 0.1) is 5.92 Å². The third kappa shape index (κ3) is 4.11. The Morgan fingerprint density at radius 1 is 1.04 bits per heavy atom. The van der Waals surface area contributed by atoms with Crippen molar-refractivity contribution in [1.29, 1.82) is 0 Å². The number of rotatable bonds is 4. The van der Waals surface area contributed by atoms with E-state index in [1.54, 1.807) is 24.3 Å². The van der Waals surface area contributed by atoms with Crippen LogP contribution in [0.5, 0.6) is 0 Å². The molecule has 1 unspecified atom stereocenters. The lowest BCUT2D eigenvalue weighted by Crippen LogP contribution is -2.42. The van der Waals surface area contributed by atoms with E-state index in [2.05, 4.69) is 5.32 Å². The molecule has 0 saturated carbocycles. The lowest BCUT2D eigenvalue weighted by Gasteiger charge is -2.34. The predicted octanol–water partition coefficient (Wildman–Crippen LogP) is 3.14. The molecular weight excluding hydrogens is 326 g/mol. The number of likely N-dealkylation sites (tertiary alicyclic amines) is 1. The summed E-state index contributed by atoms with van der Waals surface area (Å²) in [5.74, 6) is 0.200. The van der Waals surface area contributed by atoms with E-state index in [0.29, 0.717) is 35.8 Å². The summed E-state index contributed by atoms with van der Waals surface area (Å²) in [4.78, 5) is 27.2. The molecule has 2 amide bonds. The third-order valence-corrected chi connectivity index (χ3v) is 5.01. The Balaban J connectivity index is 1.73. The second-order valence-corrected chi connectivity index (χ2v) is 6.85. The van der Waals surface area contributed by atoms with Crippen molar-refractivity contribution in [3.8, 4) is 0 Å². The molecule has 0 bridgehead atoms. The van der Waals surface area contributed by atoms with Crippen LogP contribution in [0.2, 0.25) is 0 Å². The van der Waals surface area contributed by atoms with Gasteiger partial charge in [-0.05, 0) is 49.9 Å². The zero-order valence-corrected chi connectivity index (χ0v) is 15.0. The highest BCUT2D eigenvalue weighted by molar-refractivity contribution is 6.09. The van der Waals surface area contributed by atoms with Crippen LogP contribution in [-0.4, -0.2) is 35.8 Å². The van der Waals surface area contributed by atoms with Crippen LogP contribution in [0.15, 0.2) is 54.6 Å². The highest BCUT2D eigenvalue weighted by Crippen LogP contribution is 2.24. The van der Waals surface area contributed by atoms with Gasteiger partial charge in [0.15, 0.2) is 0 Å². The van der Waals surface area contributed by atoms with Crippen molar-refractivity contribution in [3.63, 3.8) is 0 Å². The van der Waals surface area contributed by atoms with Gasteiger partial charge in [0.25, 0.3) is 11.8 Å². The van der Waals surface area contributed by atoms with E-state index >= 15 is 0 Å².